The Morgan fingerprint density at radius 1 is 0.897 bits per heavy atom. The zero-order valence-corrected chi connectivity index (χ0v) is 19.0. The quantitative estimate of drug-likeness (QED) is 0.305. The zero-order chi connectivity index (χ0) is 20.7. The molecule has 1 heterocycles. The average Bonchev–Trinajstić information content (AvgIpc) is 2.72. The van der Waals surface area contributed by atoms with Gasteiger partial charge < -0.3 is 4.74 Å². The molecule has 2 aliphatic rings. The van der Waals surface area contributed by atoms with E-state index in [9.17, 15) is 13.2 Å². The molecule has 0 aromatic heterocycles. The van der Waals surface area contributed by atoms with Gasteiger partial charge in [-0.05, 0) is 61.1 Å². The third-order valence-electron chi connectivity index (χ3n) is 7.51. The van der Waals surface area contributed by atoms with Crippen LogP contribution in [0.15, 0.2) is 24.3 Å². The van der Waals surface area contributed by atoms with Crippen LogP contribution in [-0.4, -0.2) is 15.2 Å². The van der Waals surface area contributed by atoms with Crippen LogP contribution in [0.25, 0.3) is 0 Å². The van der Waals surface area contributed by atoms with Gasteiger partial charge in [0.2, 0.25) is 0 Å². The van der Waals surface area contributed by atoms with Crippen LogP contribution in [-0.2, 0) is 6.42 Å². The molecule has 0 unspecified atom stereocenters. The number of ether oxygens (including phenoxy) is 1. The lowest BCUT2D eigenvalue weighted by molar-refractivity contribution is -0.274. The maximum atomic E-state index is 12.2. The van der Waals surface area contributed by atoms with Crippen molar-refractivity contribution in [1.82, 2.24) is 0 Å². The maximum Gasteiger partial charge on any atom is 0.573 e. The van der Waals surface area contributed by atoms with Gasteiger partial charge in [0.1, 0.15) is 5.75 Å². The van der Waals surface area contributed by atoms with Crippen LogP contribution in [0.4, 0.5) is 13.2 Å². The summed E-state index contributed by atoms with van der Waals surface area (Å²) in [6.07, 6.45) is 8.79. The Kier molecular flexibility index (Phi) is 8.52. The largest absolute Gasteiger partial charge is 0.573 e. The molecule has 1 saturated heterocycles. The first-order valence-electron chi connectivity index (χ1n) is 11.8. The number of alkyl halides is 3. The van der Waals surface area contributed by atoms with Gasteiger partial charge in [0.15, 0.2) is 0 Å². The Hall–Kier alpha value is -0.973. The van der Waals surface area contributed by atoms with E-state index in [1.807, 2.05) is 0 Å². The van der Waals surface area contributed by atoms with Gasteiger partial charge in [0.25, 0.3) is 0 Å². The molecule has 0 atom stereocenters. The summed E-state index contributed by atoms with van der Waals surface area (Å²) >= 11 is 0. The molecule has 1 aromatic carbocycles. The number of halogens is 3. The molecule has 3 rings (SSSR count). The van der Waals surface area contributed by atoms with E-state index in [1.54, 1.807) is 24.2 Å². The highest BCUT2D eigenvalue weighted by Crippen LogP contribution is 2.41. The maximum absolute atomic E-state index is 12.2. The average molecular weight is 427 g/mol. The van der Waals surface area contributed by atoms with Crippen LogP contribution in [0, 0.1) is 17.8 Å². The number of hydrogen-bond acceptors (Lipinski definition) is 1. The van der Waals surface area contributed by atoms with E-state index in [-0.39, 0.29) is 14.5 Å². The van der Waals surface area contributed by atoms with Crippen molar-refractivity contribution in [2.75, 3.05) is 0 Å². The van der Waals surface area contributed by atoms with Crippen LogP contribution in [0.2, 0.25) is 18.1 Å². The fraction of sp³-hybridized carbons (Fsp3) is 0.750. The lowest BCUT2D eigenvalue weighted by atomic mass is 9.73. The Bertz CT molecular complexity index is 585. The SMILES string of the molecule is CC[Si@H]1CC[C@H]([C@H]2CC[C@H](CCCCc3ccc(OC(F)(F)F)cc3)CC2)CC1. The molecule has 0 bridgehead atoms. The molecular weight excluding hydrogens is 389 g/mol. The van der Waals surface area contributed by atoms with Gasteiger partial charge in [-0.2, -0.15) is 0 Å². The summed E-state index contributed by atoms with van der Waals surface area (Å²) < 4.78 is 40.5. The van der Waals surface area contributed by atoms with Crippen LogP contribution in [0.3, 0.4) is 0 Å². The normalized spacial score (nSPS) is 28.3. The topological polar surface area (TPSA) is 9.23 Å². The second-order valence-electron chi connectivity index (χ2n) is 9.41. The summed E-state index contributed by atoms with van der Waals surface area (Å²) in [5.74, 6) is 2.81. The van der Waals surface area contributed by atoms with Gasteiger partial charge >= 0.3 is 6.36 Å². The summed E-state index contributed by atoms with van der Waals surface area (Å²) in [4.78, 5) is 0. The van der Waals surface area contributed by atoms with Crippen molar-refractivity contribution < 1.29 is 17.9 Å². The molecule has 0 radical (unpaired) electrons. The summed E-state index contributed by atoms with van der Waals surface area (Å²) in [5.41, 5.74) is 1.09. The molecule has 0 amide bonds. The molecular formula is C24H37F3OSi. The van der Waals surface area contributed by atoms with E-state index < -0.39 is 6.36 Å². The van der Waals surface area contributed by atoms with Crippen molar-refractivity contribution in [3.8, 4) is 5.75 Å². The highest BCUT2D eigenvalue weighted by molar-refractivity contribution is 6.58. The molecule has 1 nitrogen and oxygen atoms in total. The minimum absolute atomic E-state index is 0.136. The summed E-state index contributed by atoms with van der Waals surface area (Å²) in [7, 11) is -0.325. The van der Waals surface area contributed by atoms with Crippen LogP contribution < -0.4 is 4.74 Å². The minimum Gasteiger partial charge on any atom is -0.406 e. The molecule has 1 aromatic rings. The van der Waals surface area contributed by atoms with Crippen LogP contribution >= 0.6 is 0 Å². The number of rotatable bonds is 8. The highest BCUT2D eigenvalue weighted by atomic mass is 28.3. The van der Waals surface area contributed by atoms with E-state index in [0.717, 1.165) is 36.2 Å². The number of benzene rings is 1. The summed E-state index contributed by atoms with van der Waals surface area (Å²) in [6, 6.07) is 11.0. The van der Waals surface area contributed by atoms with Gasteiger partial charge in [-0.1, -0.05) is 75.7 Å². The third kappa shape index (κ3) is 7.65. The molecule has 1 aliphatic carbocycles. The third-order valence-corrected chi connectivity index (χ3v) is 11.0. The Balaban J connectivity index is 1.28. The monoisotopic (exact) mass is 426 g/mol. The van der Waals surface area contributed by atoms with Gasteiger partial charge in [0.05, 0.1) is 0 Å². The first-order valence-corrected chi connectivity index (χ1v) is 14.2. The number of aryl methyl sites for hydroxylation is 1. The summed E-state index contributed by atoms with van der Waals surface area (Å²) in [5, 5.41) is 0. The molecule has 0 spiro atoms. The Morgan fingerprint density at radius 2 is 1.52 bits per heavy atom. The van der Waals surface area contributed by atoms with Gasteiger partial charge in [0, 0.05) is 8.80 Å². The molecule has 5 heteroatoms. The highest BCUT2D eigenvalue weighted by Gasteiger charge is 2.31. The predicted molar refractivity (Wildman–Crippen MR) is 116 cm³/mol. The fourth-order valence-corrected chi connectivity index (χ4v) is 8.54. The molecule has 1 saturated carbocycles. The smallest absolute Gasteiger partial charge is 0.406 e. The van der Waals surface area contributed by atoms with Gasteiger partial charge in [-0.25, -0.2) is 0 Å². The van der Waals surface area contributed by atoms with Gasteiger partial charge in [-0.15, -0.1) is 13.2 Å². The van der Waals surface area contributed by atoms with E-state index >= 15 is 0 Å². The number of unbranched alkanes of at least 4 members (excludes halogenated alkanes) is 1. The minimum atomic E-state index is -4.61. The predicted octanol–water partition coefficient (Wildman–Crippen LogP) is 7.76. The lowest BCUT2D eigenvalue weighted by Crippen LogP contribution is -2.28. The zero-order valence-electron chi connectivity index (χ0n) is 17.9. The van der Waals surface area contributed by atoms with E-state index in [2.05, 4.69) is 11.7 Å². The van der Waals surface area contributed by atoms with Crippen molar-refractivity contribution in [2.45, 2.75) is 95.6 Å². The van der Waals surface area contributed by atoms with Crippen molar-refractivity contribution in [3.63, 3.8) is 0 Å². The molecule has 164 valence electrons. The number of hydrogen-bond donors (Lipinski definition) is 0. The standard InChI is InChI=1S/C24H37F3OSi/c1-2-29-17-15-22(16-18-29)21-11-7-19(8-12-21)5-3-4-6-20-9-13-23(14-10-20)28-24(25,26)27/h9-10,13-14,19,21-22,29H,2-8,11-12,15-18H2,1H3/t19-,21-,22-,29-. The fourth-order valence-electron chi connectivity index (χ4n) is 5.64. The van der Waals surface area contributed by atoms with Crippen molar-refractivity contribution >= 4 is 8.80 Å². The summed E-state index contributed by atoms with van der Waals surface area (Å²) in [6.45, 7) is 2.40. The van der Waals surface area contributed by atoms with Crippen molar-refractivity contribution in [3.05, 3.63) is 29.8 Å². The molecule has 29 heavy (non-hydrogen) atoms. The van der Waals surface area contributed by atoms with Crippen molar-refractivity contribution in [1.29, 1.82) is 0 Å². The van der Waals surface area contributed by atoms with Crippen LogP contribution in [0.1, 0.15) is 70.3 Å². The Labute approximate surface area is 176 Å². The van der Waals surface area contributed by atoms with E-state index in [1.165, 1.54) is 69.5 Å². The van der Waals surface area contributed by atoms with Crippen LogP contribution in [0.5, 0.6) is 5.75 Å². The second kappa shape index (κ2) is 10.9. The van der Waals surface area contributed by atoms with E-state index in [0.29, 0.717) is 0 Å². The van der Waals surface area contributed by atoms with E-state index in [4.69, 9.17) is 0 Å². The molecule has 1 aliphatic heterocycles. The Morgan fingerprint density at radius 3 is 2.10 bits per heavy atom. The lowest BCUT2D eigenvalue weighted by Gasteiger charge is -2.37. The first kappa shape index (κ1) is 22.7. The van der Waals surface area contributed by atoms with Crippen molar-refractivity contribution in [2.24, 2.45) is 17.8 Å². The molecule has 2 fully saturated rings. The first-order chi connectivity index (χ1) is 13.9. The second-order valence-corrected chi connectivity index (χ2v) is 13.1. The molecule has 0 N–H and O–H groups in total. The van der Waals surface area contributed by atoms with Gasteiger partial charge in [-0.3, -0.25) is 0 Å².